The number of rotatable bonds is 4. The number of aromatic nitrogens is 1. The van der Waals surface area contributed by atoms with Crippen LogP contribution in [0.2, 0.25) is 0 Å². The van der Waals surface area contributed by atoms with E-state index in [9.17, 15) is 9.59 Å². The number of aromatic amines is 1. The molecule has 0 saturated heterocycles. The van der Waals surface area contributed by atoms with Gasteiger partial charge in [0.2, 0.25) is 0 Å². The molecule has 1 aromatic rings. The summed E-state index contributed by atoms with van der Waals surface area (Å²) in [6.07, 6.45) is 2.99. The topological polar surface area (TPSA) is 59.2 Å². The number of nitrogens with one attached hydrogen (secondary N) is 1. The lowest BCUT2D eigenvalue weighted by molar-refractivity contribution is 0.0523. The zero-order valence-electron chi connectivity index (χ0n) is 8.29. The SMILES string of the molecule is CCOC(=O)c1c(CC)c[nH]c1C=O. The molecule has 1 heterocycles. The van der Waals surface area contributed by atoms with Crippen molar-refractivity contribution in [2.75, 3.05) is 6.61 Å². The summed E-state index contributed by atoms with van der Waals surface area (Å²) in [5.74, 6) is -0.437. The number of esters is 1. The minimum atomic E-state index is -0.437. The molecule has 0 spiro atoms. The number of aldehydes is 1. The first-order chi connectivity index (χ1) is 6.74. The van der Waals surface area contributed by atoms with Crippen LogP contribution in [-0.2, 0) is 11.2 Å². The molecule has 0 unspecified atom stereocenters. The Morgan fingerprint density at radius 2 is 2.29 bits per heavy atom. The van der Waals surface area contributed by atoms with Crippen molar-refractivity contribution in [3.05, 3.63) is 23.0 Å². The zero-order valence-corrected chi connectivity index (χ0v) is 8.29. The molecule has 4 nitrogen and oxygen atoms in total. The third-order valence-corrected chi connectivity index (χ3v) is 1.97. The van der Waals surface area contributed by atoms with Gasteiger partial charge in [0.15, 0.2) is 6.29 Å². The molecule has 1 N–H and O–H groups in total. The summed E-state index contributed by atoms with van der Waals surface area (Å²) in [6, 6.07) is 0. The van der Waals surface area contributed by atoms with Gasteiger partial charge in [-0.05, 0) is 18.9 Å². The fourth-order valence-electron chi connectivity index (χ4n) is 1.30. The summed E-state index contributed by atoms with van der Waals surface area (Å²) in [5, 5.41) is 0. The Balaban J connectivity index is 3.07. The van der Waals surface area contributed by atoms with Crippen molar-refractivity contribution in [2.24, 2.45) is 0 Å². The van der Waals surface area contributed by atoms with Crippen LogP contribution in [0.3, 0.4) is 0 Å². The van der Waals surface area contributed by atoms with Gasteiger partial charge >= 0.3 is 5.97 Å². The number of hydrogen-bond donors (Lipinski definition) is 1. The first-order valence-corrected chi connectivity index (χ1v) is 4.57. The summed E-state index contributed by atoms with van der Waals surface area (Å²) in [5.41, 5.74) is 1.47. The Hall–Kier alpha value is -1.58. The number of carbonyl (C=O) groups is 2. The van der Waals surface area contributed by atoms with Gasteiger partial charge in [-0.15, -0.1) is 0 Å². The molecular weight excluding hydrogens is 182 g/mol. The highest BCUT2D eigenvalue weighted by Gasteiger charge is 2.17. The van der Waals surface area contributed by atoms with E-state index in [1.165, 1.54) is 0 Å². The molecule has 76 valence electrons. The van der Waals surface area contributed by atoms with Crippen LogP contribution >= 0.6 is 0 Å². The highest BCUT2D eigenvalue weighted by Crippen LogP contribution is 2.14. The molecule has 0 aliphatic heterocycles. The van der Waals surface area contributed by atoms with Crippen LogP contribution in [0, 0.1) is 0 Å². The minimum Gasteiger partial charge on any atom is -0.462 e. The highest BCUT2D eigenvalue weighted by molar-refractivity contribution is 5.98. The molecule has 0 saturated carbocycles. The second-order valence-corrected chi connectivity index (χ2v) is 2.79. The monoisotopic (exact) mass is 195 g/mol. The van der Waals surface area contributed by atoms with Gasteiger partial charge in [0.05, 0.1) is 17.9 Å². The van der Waals surface area contributed by atoms with Crippen LogP contribution in [0.5, 0.6) is 0 Å². The number of H-pyrrole nitrogens is 1. The second kappa shape index (κ2) is 4.60. The Kier molecular flexibility index (Phi) is 3.45. The summed E-state index contributed by atoms with van der Waals surface area (Å²) in [4.78, 5) is 24.8. The lowest BCUT2D eigenvalue weighted by atomic mass is 10.1. The maximum absolute atomic E-state index is 11.5. The smallest absolute Gasteiger partial charge is 0.340 e. The van der Waals surface area contributed by atoms with Crippen LogP contribution < -0.4 is 0 Å². The van der Waals surface area contributed by atoms with Gasteiger partial charge in [-0.3, -0.25) is 4.79 Å². The molecule has 0 fully saturated rings. The van der Waals surface area contributed by atoms with Gasteiger partial charge in [-0.1, -0.05) is 6.92 Å². The molecule has 0 aliphatic carbocycles. The Morgan fingerprint density at radius 3 is 2.79 bits per heavy atom. The van der Waals surface area contributed by atoms with E-state index in [1.54, 1.807) is 13.1 Å². The van der Waals surface area contributed by atoms with Crippen molar-refractivity contribution < 1.29 is 14.3 Å². The molecule has 0 radical (unpaired) electrons. The van der Waals surface area contributed by atoms with Gasteiger partial charge in [0, 0.05) is 6.20 Å². The molecule has 0 amide bonds. The fourth-order valence-corrected chi connectivity index (χ4v) is 1.30. The van der Waals surface area contributed by atoms with Crippen molar-refractivity contribution in [1.82, 2.24) is 4.98 Å². The van der Waals surface area contributed by atoms with E-state index in [4.69, 9.17) is 4.74 Å². The molecule has 0 aliphatic rings. The van der Waals surface area contributed by atoms with E-state index >= 15 is 0 Å². The second-order valence-electron chi connectivity index (χ2n) is 2.79. The van der Waals surface area contributed by atoms with Crippen LogP contribution in [0.25, 0.3) is 0 Å². The average Bonchev–Trinajstić information content (AvgIpc) is 2.60. The lowest BCUT2D eigenvalue weighted by Gasteiger charge is -2.02. The van der Waals surface area contributed by atoms with E-state index in [1.807, 2.05) is 6.92 Å². The van der Waals surface area contributed by atoms with E-state index in [0.29, 0.717) is 30.6 Å². The average molecular weight is 195 g/mol. The standard InChI is InChI=1S/C10H13NO3/c1-3-7-5-11-8(6-12)9(7)10(13)14-4-2/h5-6,11H,3-4H2,1-2H3. The van der Waals surface area contributed by atoms with E-state index in [0.717, 1.165) is 5.56 Å². The molecular formula is C10H13NO3. The van der Waals surface area contributed by atoms with Gasteiger partial charge in [-0.25, -0.2) is 4.79 Å². The third-order valence-electron chi connectivity index (χ3n) is 1.97. The van der Waals surface area contributed by atoms with E-state index in [-0.39, 0.29) is 0 Å². The Morgan fingerprint density at radius 1 is 1.57 bits per heavy atom. The van der Waals surface area contributed by atoms with Gasteiger partial charge in [-0.2, -0.15) is 0 Å². The molecule has 1 aromatic heterocycles. The maximum Gasteiger partial charge on any atom is 0.340 e. The van der Waals surface area contributed by atoms with Gasteiger partial charge in [0.1, 0.15) is 0 Å². The Labute approximate surface area is 82.3 Å². The van der Waals surface area contributed by atoms with Crippen LogP contribution in [0.4, 0.5) is 0 Å². The van der Waals surface area contributed by atoms with Crippen molar-refractivity contribution in [1.29, 1.82) is 0 Å². The molecule has 4 heteroatoms. The molecule has 0 atom stereocenters. The predicted molar refractivity (Wildman–Crippen MR) is 51.5 cm³/mol. The number of aryl methyl sites for hydroxylation is 1. The summed E-state index contributed by atoms with van der Waals surface area (Å²) in [6.45, 7) is 3.96. The minimum absolute atomic E-state index is 0.292. The van der Waals surface area contributed by atoms with Crippen molar-refractivity contribution in [3.63, 3.8) is 0 Å². The molecule has 0 bridgehead atoms. The summed E-state index contributed by atoms with van der Waals surface area (Å²) >= 11 is 0. The van der Waals surface area contributed by atoms with Crippen LogP contribution in [0.15, 0.2) is 6.20 Å². The van der Waals surface area contributed by atoms with Crippen LogP contribution in [-0.4, -0.2) is 23.8 Å². The maximum atomic E-state index is 11.5. The first-order valence-electron chi connectivity index (χ1n) is 4.57. The number of ether oxygens (including phenoxy) is 1. The van der Waals surface area contributed by atoms with Crippen molar-refractivity contribution in [2.45, 2.75) is 20.3 Å². The van der Waals surface area contributed by atoms with Crippen molar-refractivity contribution >= 4 is 12.3 Å². The highest BCUT2D eigenvalue weighted by atomic mass is 16.5. The van der Waals surface area contributed by atoms with Gasteiger partial charge in [0.25, 0.3) is 0 Å². The zero-order chi connectivity index (χ0) is 10.6. The summed E-state index contributed by atoms with van der Waals surface area (Å²) in [7, 11) is 0. The lowest BCUT2D eigenvalue weighted by Crippen LogP contribution is -2.08. The predicted octanol–water partition coefficient (Wildman–Crippen LogP) is 1.57. The van der Waals surface area contributed by atoms with Crippen LogP contribution in [0.1, 0.15) is 40.3 Å². The fraction of sp³-hybridized carbons (Fsp3) is 0.400. The summed E-state index contributed by atoms with van der Waals surface area (Å²) < 4.78 is 4.85. The third kappa shape index (κ3) is 1.84. The molecule has 14 heavy (non-hydrogen) atoms. The largest absolute Gasteiger partial charge is 0.462 e. The number of hydrogen-bond acceptors (Lipinski definition) is 3. The van der Waals surface area contributed by atoms with E-state index in [2.05, 4.69) is 4.98 Å². The van der Waals surface area contributed by atoms with Crippen molar-refractivity contribution in [3.8, 4) is 0 Å². The molecule has 1 rings (SSSR count). The first kappa shape index (κ1) is 10.5. The Bertz CT molecular complexity index is 341. The van der Waals surface area contributed by atoms with Gasteiger partial charge < -0.3 is 9.72 Å². The molecule has 0 aromatic carbocycles. The normalized spacial score (nSPS) is 9.86. The van der Waals surface area contributed by atoms with E-state index < -0.39 is 5.97 Å². The number of carbonyl (C=O) groups excluding carboxylic acids is 2. The quantitative estimate of drug-likeness (QED) is 0.586.